The maximum Gasteiger partial charge on any atom is 0.309 e. The van der Waals surface area contributed by atoms with E-state index in [4.69, 9.17) is 5.11 Å². The van der Waals surface area contributed by atoms with Crippen molar-refractivity contribution in [1.29, 1.82) is 0 Å². The first-order chi connectivity index (χ1) is 9.99. The van der Waals surface area contributed by atoms with Crippen LogP contribution in [0.25, 0.3) is 0 Å². The number of pyridine rings is 1. The number of hydrogen-bond donors (Lipinski definition) is 2. The van der Waals surface area contributed by atoms with E-state index in [-0.39, 0.29) is 12.3 Å². The summed E-state index contributed by atoms with van der Waals surface area (Å²) in [6, 6.07) is 4.96. The molecule has 110 valence electrons. The van der Waals surface area contributed by atoms with Gasteiger partial charge in [-0.1, -0.05) is 0 Å². The van der Waals surface area contributed by atoms with Crippen LogP contribution in [0.4, 0.5) is 5.69 Å². The van der Waals surface area contributed by atoms with Gasteiger partial charge in [0, 0.05) is 17.2 Å². The van der Waals surface area contributed by atoms with Crippen LogP contribution in [-0.4, -0.2) is 26.5 Å². The molecule has 2 aromatic heterocycles. The number of carboxylic acids is 1. The van der Waals surface area contributed by atoms with Crippen LogP contribution in [0.1, 0.15) is 23.1 Å². The van der Waals surface area contributed by atoms with Crippen molar-refractivity contribution in [3.8, 4) is 0 Å². The summed E-state index contributed by atoms with van der Waals surface area (Å²) in [5.41, 5.74) is 1.51. The molecule has 0 aliphatic rings. The summed E-state index contributed by atoms with van der Waals surface area (Å²) in [4.78, 5) is 26.8. The number of nitrogens with one attached hydrogen (secondary N) is 1. The van der Waals surface area contributed by atoms with Crippen molar-refractivity contribution < 1.29 is 14.7 Å². The monoisotopic (exact) mass is 351 g/mol. The third-order valence-electron chi connectivity index (χ3n) is 2.85. The highest BCUT2D eigenvalue weighted by atomic mass is 79.9. The Balaban J connectivity index is 2.10. The van der Waals surface area contributed by atoms with E-state index in [9.17, 15) is 9.59 Å². The maximum absolute atomic E-state index is 12.2. The summed E-state index contributed by atoms with van der Waals surface area (Å²) in [7, 11) is 0. The fourth-order valence-electron chi connectivity index (χ4n) is 1.88. The van der Waals surface area contributed by atoms with E-state index < -0.39 is 5.97 Å². The van der Waals surface area contributed by atoms with Gasteiger partial charge in [-0.2, -0.15) is 0 Å². The third-order valence-corrected chi connectivity index (χ3v) is 3.29. The number of anilines is 1. The number of halogens is 1. The summed E-state index contributed by atoms with van der Waals surface area (Å²) in [6.07, 6.45) is 3.15. The minimum absolute atomic E-state index is 0.139. The Morgan fingerprint density at radius 3 is 2.76 bits per heavy atom. The molecule has 0 bridgehead atoms. The topological polar surface area (TPSA) is 84.2 Å². The van der Waals surface area contributed by atoms with Crippen molar-refractivity contribution >= 4 is 33.5 Å². The molecule has 0 radical (unpaired) electrons. The van der Waals surface area contributed by atoms with Gasteiger partial charge in [0.1, 0.15) is 5.69 Å². The number of amides is 1. The van der Waals surface area contributed by atoms with Crippen molar-refractivity contribution in [2.24, 2.45) is 0 Å². The Bertz CT molecular complexity index is 665. The molecule has 0 aliphatic carbocycles. The van der Waals surface area contributed by atoms with Crippen LogP contribution in [0.5, 0.6) is 0 Å². The predicted octanol–water partition coefficient (Wildman–Crippen LogP) is 2.54. The number of carbonyl (C=O) groups is 2. The first kappa shape index (κ1) is 15.2. The molecule has 0 spiro atoms. The number of nitrogens with zero attached hydrogens (tertiary/aromatic N) is 2. The van der Waals surface area contributed by atoms with Crippen LogP contribution in [0.2, 0.25) is 0 Å². The Labute approximate surface area is 129 Å². The molecule has 0 aliphatic heterocycles. The van der Waals surface area contributed by atoms with Crippen molar-refractivity contribution in [3.05, 3.63) is 46.5 Å². The molecule has 0 saturated heterocycles. The zero-order valence-electron chi connectivity index (χ0n) is 11.3. The summed E-state index contributed by atoms with van der Waals surface area (Å²) >= 11 is 3.34. The van der Waals surface area contributed by atoms with Gasteiger partial charge < -0.3 is 15.0 Å². The number of aliphatic carboxylic acids is 1. The van der Waals surface area contributed by atoms with Gasteiger partial charge in [-0.15, -0.1) is 0 Å². The lowest BCUT2D eigenvalue weighted by Crippen LogP contribution is -2.16. The molecule has 0 saturated carbocycles. The fraction of sp³-hybridized carbons (Fsp3) is 0.214. The van der Waals surface area contributed by atoms with E-state index in [1.807, 2.05) is 17.7 Å². The molecule has 2 N–H and O–H groups in total. The largest absolute Gasteiger partial charge is 0.481 e. The van der Waals surface area contributed by atoms with Crippen molar-refractivity contribution in [3.63, 3.8) is 0 Å². The highest BCUT2D eigenvalue weighted by Crippen LogP contribution is 2.16. The highest BCUT2D eigenvalue weighted by molar-refractivity contribution is 9.10. The van der Waals surface area contributed by atoms with Crippen LogP contribution in [0.15, 0.2) is 35.1 Å². The number of hydrogen-bond acceptors (Lipinski definition) is 3. The van der Waals surface area contributed by atoms with E-state index in [1.165, 1.54) is 6.20 Å². The van der Waals surface area contributed by atoms with Crippen LogP contribution >= 0.6 is 15.9 Å². The van der Waals surface area contributed by atoms with Crippen LogP contribution in [-0.2, 0) is 17.8 Å². The second-order valence-electron chi connectivity index (χ2n) is 4.39. The molecule has 21 heavy (non-hydrogen) atoms. The molecule has 2 heterocycles. The Morgan fingerprint density at radius 2 is 2.19 bits per heavy atom. The minimum atomic E-state index is -0.940. The molecular formula is C14H14BrN3O3. The van der Waals surface area contributed by atoms with Gasteiger partial charge in [0.15, 0.2) is 0 Å². The molecule has 0 unspecified atom stereocenters. The number of carboxylic acid groups (broad SMARTS) is 1. The first-order valence-corrected chi connectivity index (χ1v) is 7.12. The summed E-state index contributed by atoms with van der Waals surface area (Å²) in [6.45, 7) is 2.63. The second-order valence-corrected chi connectivity index (χ2v) is 5.31. The van der Waals surface area contributed by atoms with E-state index in [1.54, 1.807) is 18.2 Å². The predicted molar refractivity (Wildman–Crippen MR) is 81.3 cm³/mol. The summed E-state index contributed by atoms with van der Waals surface area (Å²) < 4.78 is 2.66. The smallest absolute Gasteiger partial charge is 0.309 e. The Morgan fingerprint density at radius 1 is 1.43 bits per heavy atom. The highest BCUT2D eigenvalue weighted by Gasteiger charge is 2.12. The maximum atomic E-state index is 12.2. The van der Waals surface area contributed by atoms with E-state index >= 15 is 0 Å². The van der Waals surface area contributed by atoms with Gasteiger partial charge >= 0.3 is 5.97 Å². The van der Waals surface area contributed by atoms with Gasteiger partial charge in [0.2, 0.25) is 0 Å². The van der Waals surface area contributed by atoms with Crippen molar-refractivity contribution in [1.82, 2.24) is 9.55 Å². The van der Waals surface area contributed by atoms with E-state index in [0.29, 0.717) is 23.6 Å². The zero-order valence-corrected chi connectivity index (χ0v) is 12.9. The number of aromatic nitrogens is 2. The number of aryl methyl sites for hydroxylation is 1. The molecule has 2 aromatic rings. The van der Waals surface area contributed by atoms with Crippen molar-refractivity contribution in [2.45, 2.75) is 19.9 Å². The average molecular weight is 352 g/mol. The third kappa shape index (κ3) is 3.91. The normalized spacial score (nSPS) is 10.4. The van der Waals surface area contributed by atoms with Crippen LogP contribution < -0.4 is 5.32 Å². The van der Waals surface area contributed by atoms with E-state index in [0.717, 1.165) is 4.47 Å². The van der Waals surface area contributed by atoms with Crippen LogP contribution in [0, 0.1) is 0 Å². The molecular weight excluding hydrogens is 338 g/mol. The number of carbonyl (C=O) groups excluding carboxylic acids is 1. The first-order valence-electron chi connectivity index (χ1n) is 6.33. The average Bonchev–Trinajstić information content (AvgIpc) is 2.82. The molecule has 6 nitrogen and oxygen atoms in total. The molecule has 1 amide bonds. The molecule has 0 atom stereocenters. The molecule has 0 fully saturated rings. The molecule has 0 aromatic carbocycles. The summed E-state index contributed by atoms with van der Waals surface area (Å²) in [5, 5.41) is 11.4. The van der Waals surface area contributed by atoms with Crippen LogP contribution in [0.3, 0.4) is 0 Å². The van der Waals surface area contributed by atoms with Gasteiger partial charge in [-0.05, 0) is 41.1 Å². The van der Waals surface area contributed by atoms with Gasteiger partial charge in [-0.3, -0.25) is 14.6 Å². The quantitative estimate of drug-likeness (QED) is 0.866. The van der Waals surface area contributed by atoms with E-state index in [2.05, 4.69) is 26.2 Å². The lowest BCUT2D eigenvalue weighted by Gasteiger charge is -2.07. The second kappa shape index (κ2) is 6.53. The number of rotatable bonds is 5. The van der Waals surface area contributed by atoms with Gasteiger partial charge in [-0.25, -0.2) is 0 Å². The van der Waals surface area contributed by atoms with Gasteiger partial charge in [0.05, 0.1) is 24.0 Å². The minimum Gasteiger partial charge on any atom is -0.481 e. The summed E-state index contributed by atoms with van der Waals surface area (Å²) in [5.74, 6) is -1.18. The fourth-order valence-corrected chi connectivity index (χ4v) is 2.34. The Kier molecular flexibility index (Phi) is 4.74. The lowest BCUT2D eigenvalue weighted by molar-refractivity contribution is -0.136. The standard InChI is InChI=1S/C14H14BrN3O3/c1-2-18-8-9(15)5-12(18)14(21)17-11-4-3-10(16-7-11)6-13(19)20/h3-5,7-8H,2,6H2,1H3,(H,17,21)(H,19,20). The van der Waals surface area contributed by atoms with Gasteiger partial charge in [0.25, 0.3) is 5.91 Å². The van der Waals surface area contributed by atoms with Crippen molar-refractivity contribution in [2.75, 3.05) is 5.32 Å². The molecule has 2 rings (SSSR count). The zero-order chi connectivity index (χ0) is 15.4. The molecule has 7 heteroatoms. The lowest BCUT2D eigenvalue weighted by atomic mass is 10.2. The Hall–Kier alpha value is -2.15. The SMILES string of the molecule is CCn1cc(Br)cc1C(=O)Nc1ccc(CC(=O)O)nc1.